The minimum absolute atomic E-state index is 0.0422. The van der Waals surface area contributed by atoms with Crippen LogP contribution in [0.15, 0.2) is 40.9 Å². The number of carbonyl (C=O) groups excluding carboxylic acids is 1. The average molecular weight is 437 g/mol. The molecule has 1 fully saturated rings. The molecule has 1 aromatic heterocycles. The van der Waals surface area contributed by atoms with Crippen molar-refractivity contribution >= 4 is 17.6 Å². The zero-order valence-electron chi connectivity index (χ0n) is 18.8. The van der Waals surface area contributed by atoms with Gasteiger partial charge in [0.15, 0.2) is 11.5 Å². The van der Waals surface area contributed by atoms with Gasteiger partial charge in [-0.3, -0.25) is 4.79 Å². The van der Waals surface area contributed by atoms with Crippen molar-refractivity contribution in [2.45, 2.75) is 26.7 Å². The Morgan fingerprint density at radius 2 is 1.81 bits per heavy atom. The highest BCUT2D eigenvalue weighted by atomic mass is 16.5. The van der Waals surface area contributed by atoms with Crippen molar-refractivity contribution in [1.29, 1.82) is 0 Å². The lowest BCUT2D eigenvalue weighted by Gasteiger charge is -2.29. The second-order valence-corrected chi connectivity index (χ2v) is 8.04. The quantitative estimate of drug-likeness (QED) is 0.619. The van der Waals surface area contributed by atoms with Crippen LogP contribution in [0, 0.1) is 19.8 Å². The normalized spacial score (nSPS) is 14.3. The highest BCUT2D eigenvalue weighted by molar-refractivity contribution is 5.93. The maximum Gasteiger partial charge on any atom is 0.324 e. The molecule has 8 nitrogen and oxygen atoms in total. The summed E-state index contributed by atoms with van der Waals surface area (Å²) in [6.07, 6.45) is 1.45. The number of aromatic nitrogens is 2. The zero-order valence-corrected chi connectivity index (χ0v) is 18.8. The third-order valence-corrected chi connectivity index (χ3v) is 5.84. The number of amides is 1. The molecule has 8 heteroatoms. The monoisotopic (exact) mass is 436 g/mol. The van der Waals surface area contributed by atoms with E-state index in [2.05, 4.69) is 15.5 Å². The summed E-state index contributed by atoms with van der Waals surface area (Å²) in [6, 6.07) is 12.0. The predicted octanol–water partition coefficient (Wildman–Crippen LogP) is 4.23. The van der Waals surface area contributed by atoms with E-state index in [1.165, 1.54) is 0 Å². The van der Waals surface area contributed by atoms with Crippen molar-refractivity contribution in [3.8, 4) is 22.9 Å². The van der Waals surface area contributed by atoms with Gasteiger partial charge < -0.3 is 24.2 Å². The summed E-state index contributed by atoms with van der Waals surface area (Å²) in [6.45, 7) is 5.38. The van der Waals surface area contributed by atoms with Crippen LogP contribution >= 0.6 is 0 Å². The molecule has 32 heavy (non-hydrogen) atoms. The molecule has 0 unspecified atom stereocenters. The van der Waals surface area contributed by atoms with Gasteiger partial charge in [-0.05, 0) is 62.1 Å². The Hall–Kier alpha value is -3.55. The van der Waals surface area contributed by atoms with E-state index < -0.39 is 0 Å². The van der Waals surface area contributed by atoms with Crippen molar-refractivity contribution in [1.82, 2.24) is 10.1 Å². The van der Waals surface area contributed by atoms with Gasteiger partial charge in [-0.2, -0.15) is 4.98 Å². The van der Waals surface area contributed by atoms with Gasteiger partial charge >= 0.3 is 6.01 Å². The number of ether oxygens (including phenoxy) is 2. The first-order chi connectivity index (χ1) is 15.5. The second kappa shape index (κ2) is 9.30. The Balaban J connectivity index is 1.38. The topological polar surface area (TPSA) is 89.7 Å². The van der Waals surface area contributed by atoms with Gasteiger partial charge in [0.05, 0.1) is 14.2 Å². The Morgan fingerprint density at radius 1 is 1.06 bits per heavy atom. The molecule has 0 bridgehead atoms. The fourth-order valence-electron chi connectivity index (χ4n) is 3.87. The molecule has 1 amide bonds. The molecule has 1 saturated heterocycles. The van der Waals surface area contributed by atoms with Gasteiger partial charge in [0.1, 0.15) is 0 Å². The van der Waals surface area contributed by atoms with Crippen LogP contribution < -0.4 is 19.7 Å². The Kier molecular flexibility index (Phi) is 6.30. The lowest BCUT2D eigenvalue weighted by Crippen LogP contribution is -2.38. The van der Waals surface area contributed by atoms with Crippen LogP contribution in [0.5, 0.6) is 11.5 Å². The number of nitrogens with one attached hydrogen (secondary N) is 1. The molecule has 0 aliphatic carbocycles. The number of hydrogen-bond donors (Lipinski definition) is 1. The lowest BCUT2D eigenvalue weighted by molar-refractivity contribution is -0.120. The van der Waals surface area contributed by atoms with Crippen LogP contribution in [-0.2, 0) is 4.79 Å². The van der Waals surface area contributed by atoms with Gasteiger partial charge in [0, 0.05) is 30.3 Å². The number of benzene rings is 2. The number of carbonyl (C=O) groups is 1. The third-order valence-electron chi connectivity index (χ3n) is 5.84. The summed E-state index contributed by atoms with van der Waals surface area (Å²) in [4.78, 5) is 19.3. The van der Waals surface area contributed by atoms with Crippen molar-refractivity contribution in [2.24, 2.45) is 5.92 Å². The van der Waals surface area contributed by atoms with Crippen LogP contribution in [-0.4, -0.2) is 43.4 Å². The number of nitrogens with zero attached hydrogens (tertiary/aromatic N) is 3. The number of anilines is 2. The van der Waals surface area contributed by atoms with Gasteiger partial charge in [-0.15, -0.1) is 0 Å². The average Bonchev–Trinajstić information content (AvgIpc) is 3.31. The van der Waals surface area contributed by atoms with Gasteiger partial charge in [-0.25, -0.2) is 0 Å². The van der Waals surface area contributed by atoms with Crippen molar-refractivity contribution in [3.63, 3.8) is 0 Å². The Bertz CT molecular complexity index is 1100. The first-order valence-corrected chi connectivity index (χ1v) is 10.7. The number of hydrogen-bond acceptors (Lipinski definition) is 7. The highest BCUT2D eigenvalue weighted by Gasteiger charge is 2.28. The van der Waals surface area contributed by atoms with E-state index in [4.69, 9.17) is 14.0 Å². The van der Waals surface area contributed by atoms with Crippen LogP contribution in [0.3, 0.4) is 0 Å². The number of methoxy groups -OCH3 is 2. The summed E-state index contributed by atoms with van der Waals surface area (Å²) in [5.41, 5.74) is 3.85. The summed E-state index contributed by atoms with van der Waals surface area (Å²) < 4.78 is 16.1. The fraction of sp³-hybridized carbons (Fsp3) is 0.375. The van der Waals surface area contributed by atoms with E-state index in [0.717, 1.165) is 35.2 Å². The van der Waals surface area contributed by atoms with Crippen LogP contribution in [0.25, 0.3) is 11.4 Å². The molecule has 0 saturated carbocycles. The van der Waals surface area contributed by atoms with Crippen LogP contribution in [0.1, 0.15) is 24.0 Å². The lowest BCUT2D eigenvalue weighted by atomic mass is 9.96. The molecule has 0 radical (unpaired) electrons. The molecule has 1 N–H and O–H groups in total. The maximum absolute atomic E-state index is 12.8. The van der Waals surface area contributed by atoms with E-state index in [1.54, 1.807) is 14.2 Å². The molecule has 1 aliphatic heterocycles. The van der Waals surface area contributed by atoms with Gasteiger partial charge in [-0.1, -0.05) is 17.3 Å². The largest absolute Gasteiger partial charge is 0.493 e. The molecular formula is C24H28N4O4. The first-order valence-electron chi connectivity index (χ1n) is 10.7. The maximum atomic E-state index is 12.8. The molecule has 2 heterocycles. The first kappa shape index (κ1) is 21.7. The minimum atomic E-state index is -0.0422. The van der Waals surface area contributed by atoms with E-state index >= 15 is 0 Å². The number of rotatable bonds is 6. The summed E-state index contributed by atoms with van der Waals surface area (Å²) in [5, 5.41) is 7.21. The minimum Gasteiger partial charge on any atom is -0.493 e. The number of piperidine rings is 1. The molecular weight excluding hydrogens is 408 g/mol. The fourth-order valence-corrected chi connectivity index (χ4v) is 3.87. The molecule has 2 aromatic carbocycles. The van der Waals surface area contributed by atoms with Gasteiger partial charge in [0.2, 0.25) is 11.7 Å². The molecule has 0 atom stereocenters. The molecule has 168 valence electrons. The third kappa shape index (κ3) is 4.54. The van der Waals surface area contributed by atoms with E-state index in [-0.39, 0.29) is 11.8 Å². The predicted molar refractivity (Wildman–Crippen MR) is 122 cm³/mol. The Morgan fingerprint density at radius 3 is 2.53 bits per heavy atom. The van der Waals surface area contributed by atoms with E-state index in [1.807, 2.05) is 55.1 Å². The van der Waals surface area contributed by atoms with Crippen LogP contribution in [0.4, 0.5) is 11.7 Å². The Labute approximate surface area is 187 Å². The molecule has 0 spiro atoms. The van der Waals surface area contributed by atoms with Crippen LogP contribution in [0.2, 0.25) is 0 Å². The summed E-state index contributed by atoms with van der Waals surface area (Å²) in [7, 11) is 3.18. The zero-order chi connectivity index (χ0) is 22.7. The smallest absolute Gasteiger partial charge is 0.324 e. The summed E-state index contributed by atoms with van der Waals surface area (Å²) in [5.74, 6) is 1.75. The highest BCUT2D eigenvalue weighted by Crippen LogP contribution is 2.32. The van der Waals surface area contributed by atoms with Gasteiger partial charge in [0.25, 0.3) is 0 Å². The molecule has 3 aromatic rings. The molecule has 4 rings (SSSR count). The standard InChI is InChI=1S/C24H28N4O4/c1-15-5-6-16(2)19(13-15)25-23(29)17-9-11-28(12-10-17)24-26-22(27-32-24)18-7-8-20(30-3)21(14-18)31-4/h5-8,13-14,17H,9-12H2,1-4H3,(H,25,29). The number of aryl methyl sites for hydroxylation is 2. The van der Waals surface area contributed by atoms with Crippen molar-refractivity contribution in [2.75, 3.05) is 37.5 Å². The molecule has 1 aliphatic rings. The summed E-state index contributed by atoms with van der Waals surface area (Å²) >= 11 is 0. The van der Waals surface area contributed by atoms with Crippen molar-refractivity contribution < 1.29 is 18.8 Å². The SMILES string of the molecule is COc1ccc(-c2noc(N3CCC(C(=O)Nc4cc(C)ccc4C)CC3)n2)cc1OC. The van der Waals surface area contributed by atoms with E-state index in [0.29, 0.717) is 36.4 Å². The van der Waals surface area contributed by atoms with E-state index in [9.17, 15) is 4.79 Å². The van der Waals surface area contributed by atoms with Crippen molar-refractivity contribution in [3.05, 3.63) is 47.5 Å². The second-order valence-electron chi connectivity index (χ2n) is 8.04.